The van der Waals surface area contributed by atoms with Crippen molar-refractivity contribution in [2.24, 2.45) is 0 Å². The Morgan fingerprint density at radius 2 is 1.96 bits per heavy atom. The van der Waals surface area contributed by atoms with Crippen molar-refractivity contribution in [3.8, 4) is 0 Å². The van der Waals surface area contributed by atoms with Crippen LogP contribution in [-0.4, -0.2) is 27.6 Å². The number of aryl methyl sites for hydroxylation is 1. The van der Waals surface area contributed by atoms with Gasteiger partial charge in [-0.05, 0) is 51.5 Å². The second kappa shape index (κ2) is 6.52. The van der Waals surface area contributed by atoms with E-state index in [1.54, 1.807) is 24.9 Å². The monoisotopic (exact) mass is 355 g/mol. The summed E-state index contributed by atoms with van der Waals surface area (Å²) in [7, 11) is 0. The van der Waals surface area contributed by atoms with Gasteiger partial charge in [-0.2, -0.15) is 0 Å². The molecule has 0 spiro atoms. The molecule has 1 N–H and O–H groups in total. The molecule has 2 aromatic rings. The van der Waals surface area contributed by atoms with Crippen LogP contribution in [0.15, 0.2) is 47.6 Å². The predicted octanol–water partition coefficient (Wildman–Crippen LogP) is 3.63. The van der Waals surface area contributed by atoms with Crippen LogP contribution >= 0.6 is 11.8 Å². The molecule has 1 atom stereocenters. The Hall–Kier alpha value is -2.34. The number of thioether (sulfide) groups is 1. The number of amides is 2. The quantitative estimate of drug-likeness (QED) is 0.854. The number of hydrogen-bond acceptors (Lipinski definition) is 4. The van der Waals surface area contributed by atoms with Gasteiger partial charge in [-0.3, -0.25) is 14.5 Å². The van der Waals surface area contributed by atoms with Crippen molar-refractivity contribution in [3.05, 3.63) is 48.2 Å². The average Bonchev–Trinajstić information content (AvgIpc) is 2.57. The maximum Gasteiger partial charge on any atom is 0.250 e. The van der Waals surface area contributed by atoms with Gasteiger partial charge in [0.05, 0.1) is 21.7 Å². The van der Waals surface area contributed by atoms with E-state index in [4.69, 9.17) is 0 Å². The van der Waals surface area contributed by atoms with Crippen molar-refractivity contribution >= 4 is 35.0 Å². The van der Waals surface area contributed by atoms with Crippen molar-refractivity contribution in [2.45, 2.75) is 43.5 Å². The second-order valence-corrected chi connectivity index (χ2v) is 8.00. The molecule has 1 aliphatic rings. The molecule has 1 aromatic heterocycles. The summed E-state index contributed by atoms with van der Waals surface area (Å²) in [6.07, 6.45) is 1.78. The molecule has 0 saturated carbocycles. The number of anilines is 2. The summed E-state index contributed by atoms with van der Waals surface area (Å²) in [6, 6.07) is 11.3. The minimum absolute atomic E-state index is 0.111. The van der Waals surface area contributed by atoms with Crippen molar-refractivity contribution < 1.29 is 9.59 Å². The first-order valence-corrected chi connectivity index (χ1v) is 9.02. The van der Waals surface area contributed by atoms with Crippen LogP contribution in [0.3, 0.4) is 0 Å². The number of hydrogen-bond donors (Lipinski definition) is 1. The molecule has 1 aromatic carbocycles. The van der Waals surface area contributed by atoms with Gasteiger partial charge in [0.1, 0.15) is 5.54 Å². The molecule has 6 heteroatoms. The Balaban J connectivity index is 1.91. The summed E-state index contributed by atoms with van der Waals surface area (Å²) in [5.41, 5.74) is 1.50. The third-order valence-electron chi connectivity index (χ3n) is 4.26. The van der Waals surface area contributed by atoms with E-state index < -0.39 is 5.54 Å². The molecule has 0 radical (unpaired) electrons. The highest BCUT2D eigenvalue weighted by Gasteiger charge is 2.44. The van der Waals surface area contributed by atoms with Gasteiger partial charge < -0.3 is 5.32 Å². The number of aromatic nitrogens is 1. The molecular formula is C19H21N3O2S. The van der Waals surface area contributed by atoms with E-state index >= 15 is 0 Å². The van der Waals surface area contributed by atoms with Gasteiger partial charge in [-0.15, -0.1) is 0 Å². The highest BCUT2D eigenvalue weighted by atomic mass is 32.2. The summed E-state index contributed by atoms with van der Waals surface area (Å²) in [5, 5.41) is 3.30. The number of pyridine rings is 1. The standard InChI is InChI=1S/C19H21N3O2S/c1-12-9-10-16(20-11-12)25-13(2)17(23)22-15-8-6-5-7-14(15)21-18(24)19(22,3)4/h5-11,13H,1-4H3,(H,21,24). The maximum absolute atomic E-state index is 13.2. The van der Waals surface area contributed by atoms with E-state index in [-0.39, 0.29) is 17.1 Å². The molecule has 0 fully saturated rings. The van der Waals surface area contributed by atoms with Crippen molar-refractivity contribution in [2.75, 3.05) is 10.2 Å². The number of nitrogens with zero attached hydrogens (tertiary/aromatic N) is 2. The highest BCUT2D eigenvalue weighted by Crippen LogP contribution is 2.38. The molecule has 2 heterocycles. The highest BCUT2D eigenvalue weighted by molar-refractivity contribution is 8.00. The van der Waals surface area contributed by atoms with Crippen molar-refractivity contribution in [3.63, 3.8) is 0 Å². The Morgan fingerprint density at radius 3 is 2.64 bits per heavy atom. The van der Waals surface area contributed by atoms with Crippen LogP contribution < -0.4 is 10.2 Å². The Labute approximate surface area is 151 Å². The number of carbonyl (C=O) groups is 2. The Kier molecular flexibility index (Phi) is 4.56. The van der Waals surface area contributed by atoms with Gasteiger partial charge >= 0.3 is 0 Å². The molecule has 3 rings (SSSR count). The maximum atomic E-state index is 13.2. The van der Waals surface area contributed by atoms with E-state index in [1.807, 2.05) is 50.2 Å². The molecular weight excluding hydrogens is 334 g/mol. The van der Waals surface area contributed by atoms with Gasteiger partial charge in [0.25, 0.3) is 0 Å². The first-order valence-electron chi connectivity index (χ1n) is 8.14. The van der Waals surface area contributed by atoms with E-state index in [1.165, 1.54) is 11.8 Å². The number of benzene rings is 1. The van der Waals surface area contributed by atoms with E-state index in [2.05, 4.69) is 10.3 Å². The number of nitrogens with one attached hydrogen (secondary N) is 1. The molecule has 0 aliphatic carbocycles. The number of fused-ring (bicyclic) bond motifs is 1. The normalized spacial score (nSPS) is 16.8. The lowest BCUT2D eigenvalue weighted by molar-refractivity contribution is -0.126. The summed E-state index contributed by atoms with van der Waals surface area (Å²) in [5.74, 6) is -0.301. The van der Waals surface area contributed by atoms with E-state index in [0.29, 0.717) is 5.69 Å². The number of rotatable bonds is 3. The van der Waals surface area contributed by atoms with Crippen LogP contribution in [-0.2, 0) is 9.59 Å². The molecule has 0 saturated heterocycles. The summed E-state index contributed by atoms with van der Waals surface area (Å²) >= 11 is 1.40. The van der Waals surface area contributed by atoms with Crippen LogP contribution in [0, 0.1) is 6.92 Å². The fourth-order valence-corrected chi connectivity index (χ4v) is 3.61. The molecule has 25 heavy (non-hydrogen) atoms. The molecule has 130 valence electrons. The van der Waals surface area contributed by atoms with E-state index in [9.17, 15) is 9.59 Å². The lowest BCUT2D eigenvalue weighted by atomic mass is 9.96. The van der Waals surface area contributed by atoms with Crippen molar-refractivity contribution in [1.82, 2.24) is 4.98 Å². The number of carbonyl (C=O) groups excluding carboxylic acids is 2. The van der Waals surface area contributed by atoms with Gasteiger partial charge in [-0.25, -0.2) is 4.98 Å². The fourth-order valence-electron chi connectivity index (χ4n) is 2.78. The Bertz CT molecular complexity index is 818. The van der Waals surface area contributed by atoms with Crippen LogP contribution in [0.1, 0.15) is 26.3 Å². The minimum atomic E-state index is -0.957. The van der Waals surface area contributed by atoms with Crippen LogP contribution in [0.5, 0.6) is 0 Å². The number of para-hydroxylation sites is 2. The molecule has 0 bridgehead atoms. The SMILES string of the molecule is Cc1ccc(SC(C)C(=O)N2c3ccccc3NC(=O)C2(C)C)nc1. The minimum Gasteiger partial charge on any atom is -0.322 e. The predicted molar refractivity (Wildman–Crippen MR) is 101 cm³/mol. The zero-order valence-corrected chi connectivity index (χ0v) is 15.6. The molecule has 5 nitrogen and oxygen atoms in total. The van der Waals surface area contributed by atoms with Gasteiger partial charge in [0.15, 0.2) is 0 Å². The topological polar surface area (TPSA) is 62.3 Å². The molecule has 1 aliphatic heterocycles. The average molecular weight is 355 g/mol. The van der Waals surface area contributed by atoms with Gasteiger partial charge in [0.2, 0.25) is 11.8 Å². The first-order chi connectivity index (χ1) is 11.8. The van der Waals surface area contributed by atoms with Crippen LogP contribution in [0.4, 0.5) is 11.4 Å². The molecule has 2 amide bonds. The van der Waals surface area contributed by atoms with E-state index in [0.717, 1.165) is 16.3 Å². The third kappa shape index (κ3) is 3.26. The zero-order valence-electron chi connectivity index (χ0n) is 14.7. The fraction of sp³-hybridized carbons (Fsp3) is 0.316. The third-order valence-corrected chi connectivity index (χ3v) is 5.30. The van der Waals surface area contributed by atoms with Crippen molar-refractivity contribution in [1.29, 1.82) is 0 Å². The lowest BCUT2D eigenvalue weighted by Gasteiger charge is -2.43. The van der Waals surface area contributed by atoms with Gasteiger partial charge in [-0.1, -0.05) is 30.0 Å². The van der Waals surface area contributed by atoms with Crippen LogP contribution in [0.25, 0.3) is 0 Å². The first kappa shape index (κ1) is 17.5. The zero-order chi connectivity index (χ0) is 18.2. The molecule has 1 unspecified atom stereocenters. The summed E-state index contributed by atoms with van der Waals surface area (Å²) < 4.78 is 0. The largest absolute Gasteiger partial charge is 0.322 e. The smallest absolute Gasteiger partial charge is 0.250 e. The second-order valence-electron chi connectivity index (χ2n) is 6.64. The lowest BCUT2D eigenvalue weighted by Crippen LogP contribution is -2.60. The Morgan fingerprint density at radius 1 is 1.24 bits per heavy atom. The van der Waals surface area contributed by atoms with Crippen LogP contribution in [0.2, 0.25) is 0 Å². The summed E-state index contributed by atoms with van der Waals surface area (Å²) in [4.78, 5) is 31.6. The summed E-state index contributed by atoms with van der Waals surface area (Å²) in [6.45, 7) is 7.34. The van der Waals surface area contributed by atoms with Gasteiger partial charge in [0, 0.05) is 6.20 Å².